The van der Waals surface area contributed by atoms with Crippen LogP contribution in [-0.2, 0) is 4.74 Å². The number of anilines is 1. The number of amides is 1. The van der Waals surface area contributed by atoms with Crippen LogP contribution in [0, 0.1) is 5.92 Å². The van der Waals surface area contributed by atoms with E-state index in [2.05, 4.69) is 22.1 Å². The minimum absolute atomic E-state index is 0.144. The summed E-state index contributed by atoms with van der Waals surface area (Å²) >= 11 is 0. The van der Waals surface area contributed by atoms with Crippen molar-refractivity contribution in [2.45, 2.75) is 19.8 Å². The van der Waals surface area contributed by atoms with Crippen LogP contribution in [-0.4, -0.2) is 44.2 Å². The third kappa shape index (κ3) is 3.93. The number of carbonyl (C=O) groups is 1. The summed E-state index contributed by atoms with van der Waals surface area (Å²) in [6.45, 7) is 5.41. The predicted molar refractivity (Wildman–Crippen MR) is 79.1 cm³/mol. The van der Waals surface area contributed by atoms with Gasteiger partial charge in [0.2, 0.25) is 0 Å². The summed E-state index contributed by atoms with van der Waals surface area (Å²) in [5.74, 6) is 0.652. The molecule has 5 heteroatoms. The van der Waals surface area contributed by atoms with Crippen LogP contribution in [0.1, 0.15) is 30.3 Å². The van der Waals surface area contributed by atoms with Gasteiger partial charge in [0.05, 0.1) is 6.61 Å². The SMILES string of the molecule is COCCNC(=O)c1cc(N2CCC(C)CC2)ccn1. The second-order valence-corrected chi connectivity index (χ2v) is 5.32. The number of hydrogen-bond acceptors (Lipinski definition) is 4. The molecule has 0 radical (unpaired) electrons. The highest BCUT2D eigenvalue weighted by molar-refractivity contribution is 5.93. The molecule has 110 valence electrons. The smallest absolute Gasteiger partial charge is 0.270 e. The summed E-state index contributed by atoms with van der Waals surface area (Å²) in [4.78, 5) is 18.4. The average Bonchev–Trinajstić information content (AvgIpc) is 2.48. The molecule has 5 nitrogen and oxygen atoms in total. The monoisotopic (exact) mass is 277 g/mol. The Hall–Kier alpha value is -1.62. The van der Waals surface area contributed by atoms with Crippen LogP contribution in [0.3, 0.4) is 0 Å². The lowest BCUT2D eigenvalue weighted by Crippen LogP contribution is -2.33. The lowest BCUT2D eigenvalue weighted by Gasteiger charge is -2.32. The summed E-state index contributed by atoms with van der Waals surface area (Å²) in [5.41, 5.74) is 1.56. The molecular weight excluding hydrogens is 254 g/mol. The zero-order valence-electron chi connectivity index (χ0n) is 12.3. The highest BCUT2D eigenvalue weighted by Gasteiger charge is 2.17. The number of aromatic nitrogens is 1. The number of nitrogens with one attached hydrogen (secondary N) is 1. The Balaban J connectivity index is 1.98. The molecule has 0 atom stereocenters. The van der Waals surface area contributed by atoms with Gasteiger partial charge in [-0.1, -0.05) is 6.92 Å². The van der Waals surface area contributed by atoms with E-state index < -0.39 is 0 Å². The fraction of sp³-hybridized carbons (Fsp3) is 0.600. The maximum absolute atomic E-state index is 12.0. The molecule has 0 aliphatic carbocycles. The molecule has 1 N–H and O–H groups in total. The topological polar surface area (TPSA) is 54.5 Å². The molecule has 2 rings (SSSR count). The second-order valence-electron chi connectivity index (χ2n) is 5.32. The Morgan fingerprint density at radius 3 is 2.95 bits per heavy atom. The minimum Gasteiger partial charge on any atom is -0.383 e. The van der Waals surface area contributed by atoms with Gasteiger partial charge >= 0.3 is 0 Å². The molecule has 1 aliphatic rings. The van der Waals surface area contributed by atoms with Crippen LogP contribution in [0.2, 0.25) is 0 Å². The van der Waals surface area contributed by atoms with Gasteiger partial charge in [-0.05, 0) is 30.9 Å². The first kappa shape index (κ1) is 14.8. The number of carbonyl (C=O) groups excluding carboxylic acids is 1. The van der Waals surface area contributed by atoms with Crippen molar-refractivity contribution in [2.75, 3.05) is 38.3 Å². The molecule has 1 amide bonds. The van der Waals surface area contributed by atoms with E-state index in [1.807, 2.05) is 12.1 Å². The Morgan fingerprint density at radius 2 is 2.25 bits per heavy atom. The third-order valence-corrected chi connectivity index (χ3v) is 3.72. The van der Waals surface area contributed by atoms with Crippen molar-refractivity contribution in [1.82, 2.24) is 10.3 Å². The van der Waals surface area contributed by atoms with Crippen LogP contribution in [0.15, 0.2) is 18.3 Å². The first-order valence-electron chi connectivity index (χ1n) is 7.19. The molecule has 0 unspecified atom stereocenters. The van der Waals surface area contributed by atoms with Crippen molar-refractivity contribution >= 4 is 11.6 Å². The zero-order chi connectivity index (χ0) is 14.4. The lowest BCUT2D eigenvalue weighted by molar-refractivity contribution is 0.0932. The van der Waals surface area contributed by atoms with Crippen molar-refractivity contribution < 1.29 is 9.53 Å². The first-order valence-corrected chi connectivity index (χ1v) is 7.19. The quantitative estimate of drug-likeness (QED) is 0.832. The normalized spacial score (nSPS) is 16.2. The van der Waals surface area contributed by atoms with Crippen LogP contribution in [0.25, 0.3) is 0 Å². The highest BCUT2D eigenvalue weighted by atomic mass is 16.5. The minimum atomic E-state index is -0.144. The maximum atomic E-state index is 12.0. The number of methoxy groups -OCH3 is 1. The van der Waals surface area contributed by atoms with Crippen molar-refractivity contribution in [3.8, 4) is 0 Å². The van der Waals surface area contributed by atoms with Gasteiger partial charge < -0.3 is 15.0 Å². The van der Waals surface area contributed by atoms with Crippen LogP contribution < -0.4 is 10.2 Å². The van der Waals surface area contributed by atoms with Crippen molar-refractivity contribution in [3.63, 3.8) is 0 Å². The Morgan fingerprint density at radius 1 is 1.50 bits per heavy atom. The standard InChI is InChI=1S/C15H23N3O2/c1-12-4-8-18(9-5-12)13-3-6-16-14(11-13)15(19)17-7-10-20-2/h3,6,11-12H,4-5,7-10H2,1-2H3,(H,17,19). The summed E-state index contributed by atoms with van der Waals surface area (Å²) < 4.78 is 4.91. The van der Waals surface area contributed by atoms with E-state index in [9.17, 15) is 4.79 Å². The molecule has 0 spiro atoms. The number of pyridine rings is 1. The Kier molecular flexibility index (Phi) is 5.35. The van der Waals surface area contributed by atoms with Gasteiger partial charge in [-0.25, -0.2) is 0 Å². The number of nitrogens with zero attached hydrogens (tertiary/aromatic N) is 2. The summed E-state index contributed by atoms with van der Waals surface area (Å²) in [6, 6.07) is 3.85. The number of hydrogen-bond donors (Lipinski definition) is 1. The van der Waals surface area contributed by atoms with Gasteiger partial charge in [0.25, 0.3) is 5.91 Å². The largest absolute Gasteiger partial charge is 0.383 e. The van der Waals surface area contributed by atoms with E-state index in [-0.39, 0.29) is 5.91 Å². The molecular formula is C15H23N3O2. The first-order chi connectivity index (χ1) is 9.70. The van der Waals surface area contributed by atoms with E-state index in [0.717, 1.165) is 24.7 Å². The van der Waals surface area contributed by atoms with Crippen molar-refractivity contribution in [3.05, 3.63) is 24.0 Å². The molecule has 20 heavy (non-hydrogen) atoms. The lowest BCUT2D eigenvalue weighted by atomic mass is 9.99. The van der Waals surface area contributed by atoms with E-state index >= 15 is 0 Å². The highest BCUT2D eigenvalue weighted by Crippen LogP contribution is 2.22. The zero-order valence-corrected chi connectivity index (χ0v) is 12.3. The number of ether oxygens (including phenoxy) is 1. The molecule has 0 aromatic carbocycles. The van der Waals surface area contributed by atoms with Gasteiger partial charge in [0.15, 0.2) is 0 Å². The van der Waals surface area contributed by atoms with Crippen LogP contribution in [0.5, 0.6) is 0 Å². The molecule has 0 bridgehead atoms. The molecule has 1 aromatic heterocycles. The number of piperidine rings is 1. The molecule has 0 saturated carbocycles. The summed E-state index contributed by atoms with van der Waals surface area (Å²) in [7, 11) is 1.61. The van der Waals surface area contributed by atoms with Gasteiger partial charge in [0, 0.05) is 38.6 Å². The van der Waals surface area contributed by atoms with Gasteiger partial charge in [-0.2, -0.15) is 0 Å². The van der Waals surface area contributed by atoms with E-state index in [4.69, 9.17) is 4.74 Å². The number of rotatable bonds is 5. The molecule has 1 saturated heterocycles. The molecule has 2 heterocycles. The van der Waals surface area contributed by atoms with Gasteiger partial charge in [-0.3, -0.25) is 9.78 Å². The van der Waals surface area contributed by atoms with Crippen molar-refractivity contribution in [2.24, 2.45) is 5.92 Å². The third-order valence-electron chi connectivity index (χ3n) is 3.72. The van der Waals surface area contributed by atoms with Crippen LogP contribution in [0.4, 0.5) is 5.69 Å². The van der Waals surface area contributed by atoms with Crippen molar-refractivity contribution in [1.29, 1.82) is 0 Å². The molecule has 1 aromatic rings. The van der Waals surface area contributed by atoms with Gasteiger partial charge in [-0.15, -0.1) is 0 Å². The van der Waals surface area contributed by atoms with E-state index in [1.165, 1.54) is 12.8 Å². The van der Waals surface area contributed by atoms with E-state index in [0.29, 0.717) is 18.8 Å². The fourth-order valence-electron chi connectivity index (χ4n) is 2.36. The van der Waals surface area contributed by atoms with Crippen LogP contribution >= 0.6 is 0 Å². The molecule has 1 fully saturated rings. The Labute approximate surface area is 120 Å². The van der Waals surface area contributed by atoms with E-state index in [1.54, 1.807) is 13.3 Å². The predicted octanol–water partition coefficient (Wildman–Crippen LogP) is 1.69. The Bertz CT molecular complexity index is 442. The van der Waals surface area contributed by atoms with Gasteiger partial charge in [0.1, 0.15) is 5.69 Å². The fourth-order valence-corrected chi connectivity index (χ4v) is 2.36. The maximum Gasteiger partial charge on any atom is 0.270 e. The summed E-state index contributed by atoms with van der Waals surface area (Å²) in [5, 5.41) is 2.79. The molecule has 1 aliphatic heterocycles. The summed E-state index contributed by atoms with van der Waals surface area (Å²) in [6.07, 6.45) is 4.12. The average molecular weight is 277 g/mol. The second kappa shape index (κ2) is 7.24.